The van der Waals surface area contributed by atoms with E-state index in [1.54, 1.807) is 13.8 Å². The molecule has 0 aromatic heterocycles. The van der Waals surface area contributed by atoms with Gasteiger partial charge >= 0.3 is 0 Å². The van der Waals surface area contributed by atoms with Gasteiger partial charge in [0.05, 0.1) is 12.2 Å². The minimum absolute atomic E-state index is 0.0475. The van der Waals surface area contributed by atoms with Crippen LogP contribution < -0.4 is 0 Å². The molecule has 0 aliphatic carbocycles. The van der Waals surface area contributed by atoms with Gasteiger partial charge in [-0.25, -0.2) is 0 Å². The maximum absolute atomic E-state index is 11.7. The van der Waals surface area contributed by atoms with Crippen LogP contribution in [0, 0.1) is 11.8 Å². The zero-order valence-electron chi connectivity index (χ0n) is 9.53. The normalized spacial score (nSPS) is 19.9. The maximum atomic E-state index is 11.7. The first-order chi connectivity index (χ1) is 6.45. The molecule has 0 rings (SSSR count). The lowest BCUT2D eigenvalue weighted by molar-refractivity contribution is -0.132. The van der Waals surface area contributed by atoms with Gasteiger partial charge < -0.3 is 10.2 Å². The van der Waals surface area contributed by atoms with E-state index >= 15 is 0 Å². The van der Waals surface area contributed by atoms with Crippen molar-refractivity contribution in [2.75, 3.05) is 0 Å². The Bertz CT molecular complexity index is 161. The number of Topliss-reactive ketones (excluding diaryl/α,β-unsaturated/α-hetero) is 1. The molecule has 0 aromatic rings. The molecule has 0 amide bonds. The highest BCUT2D eigenvalue weighted by Crippen LogP contribution is 2.17. The number of carbonyl (C=O) groups is 1. The summed E-state index contributed by atoms with van der Waals surface area (Å²) in [6.07, 6.45) is -0.0352. The summed E-state index contributed by atoms with van der Waals surface area (Å²) in [6, 6.07) is 0. The minimum atomic E-state index is -0.589. The molecule has 0 bridgehead atoms. The molecule has 0 fully saturated rings. The molecule has 0 spiro atoms. The van der Waals surface area contributed by atoms with Crippen molar-refractivity contribution < 1.29 is 15.0 Å². The standard InChI is InChI=1S/C11H22O3/c1-5-9(12)7(3)11(14)8(4)10(13)6-2/h7-10,12-13H,5-6H2,1-4H3/t7-,8-,9-,10-/m1/s1. The molecule has 0 unspecified atom stereocenters. The van der Waals surface area contributed by atoms with Crippen LogP contribution in [0.4, 0.5) is 0 Å². The smallest absolute Gasteiger partial charge is 0.143 e. The number of carbonyl (C=O) groups excluding carboxylic acids is 1. The van der Waals surface area contributed by atoms with Crippen LogP contribution in [0.15, 0.2) is 0 Å². The molecule has 0 heterocycles. The molecule has 0 aliphatic heterocycles. The number of aliphatic hydroxyl groups is 2. The number of rotatable bonds is 6. The lowest BCUT2D eigenvalue weighted by Gasteiger charge is -2.22. The second kappa shape index (κ2) is 6.14. The third kappa shape index (κ3) is 3.39. The highest BCUT2D eigenvalue weighted by Gasteiger charge is 2.28. The Morgan fingerprint density at radius 1 is 1.00 bits per heavy atom. The summed E-state index contributed by atoms with van der Waals surface area (Å²) in [5, 5.41) is 19.0. The van der Waals surface area contributed by atoms with Gasteiger partial charge in [0.2, 0.25) is 0 Å². The molecular formula is C11H22O3. The van der Waals surface area contributed by atoms with Crippen LogP contribution in [0.2, 0.25) is 0 Å². The van der Waals surface area contributed by atoms with E-state index in [1.807, 2.05) is 13.8 Å². The fourth-order valence-corrected chi connectivity index (χ4v) is 1.50. The molecule has 3 heteroatoms. The predicted molar refractivity (Wildman–Crippen MR) is 55.9 cm³/mol. The zero-order valence-corrected chi connectivity index (χ0v) is 9.53. The fraction of sp³-hybridized carbons (Fsp3) is 0.909. The number of aliphatic hydroxyl groups excluding tert-OH is 2. The van der Waals surface area contributed by atoms with Crippen molar-refractivity contribution in [1.29, 1.82) is 0 Å². The molecule has 84 valence electrons. The monoisotopic (exact) mass is 202 g/mol. The molecule has 0 aromatic carbocycles. The van der Waals surface area contributed by atoms with Crippen LogP contribution in [0.3, 0.4) is 0 Å². The van der Waals surface area contributed by atoms with Crippen LogP contribution in [0.25, 0.3) is 0 Å². The Hall–Kier alpha value is -0.410. The van der Waals surface area contributed by atoms with Crippen LogP contribution in [0.1, 0.15) is 40.5 Å². The van der Waals surface area contributed by atoms with Crippen molar-refractivity contribution in [2.24, 2.45) is 11.8 Å². The number of hydrogen-bond acceptors (Lipinski definition) is 3. The summed E-state index contributed by atoms with van der Waals surface area (Å²) in [4.78, 5) is 11.7. The third-order valence-electron chi connectivity index (χ3n) is 2.89. The summed E-state index contributed by atoms with van der Waals surface area (Å²) in [6.45, 7) is 7.12. The second-order valence-electron chi connectivity index (χ2n) is 3.93. The molecule has 4 atom stereocenters. The van der Waals surface area contributed by atoms with Crippen LogP contribution in [-0.2, 0) is 4.79 Å². The van der Waals surface area contributed by atoms with Gasteiger partial charge in [-0.15, -0.1) is 0 Å². The molecule has 0 saturated carbocycles. The van der Waals surface area contributed by atoms with Crippen LogP contribution >= 0.6 is 0 Å². The van der Waals surface area contributed by atoms with E-state index in [9.17, 15) is 15.0 Å². The summed E-state index contributed by atoms with van der Waals surface area (Å²) in [5.41, 5.74) is 0. The van der Waals surface area contributed by atoms with Gasteiger partial charge in [-0.3, -0.25) is 4.79 Å². The van der Waals surface area contributed by atoms with Gasteiger partial charge in [0.25, 0.3) is 0 Å². The summed E-state index contributed by atoms with van der Waals surface area (Å²) in [5.74, 6) is -0.805. The van der Waals surface area contributed by atoms with Gasteiger partial charge in [-0.2, -0.15) is 0 Å². The van der Waals surface area contributed by atoms with E-state index in [2.05, 4.69) is 0 Å². The average molecular weight is 202 g/mol. The number of ketones is 1. The lowest BCUT2D eigenvalue weighted by Crippen LogP contribution is -2.34. The molecule has 3 nitrogen and oxygen atoms in total. The molecule has 14 heavy (non-hydrogen) atoms. The maximum Gasteiger partial charge on any atom is 0.143 e. The second-order valence-corrected chi connectivity index (χ2v) is 3.93. The van der Waals surface area contributed by atoms with Gasteiger partial charge in [0.1, 0.15) is 5.78 Å². The predicted octanol–water partition coefficient (Wildman–Crippen LogP) is 1.37. The van der Waals surface area contributed by atoms with E-state index in [0.29, 0.717) is 12.8 Å². The zero-order chi connectivity index (χ0) is 11.3. The first-order valence-corrected chi connectivity index (χ1v) is 5.35. The molecule has 0 aliphatic rings. The van der Waals surface area contributed by atoms with Crippen LogP contribution in [0.5, 0.6) is 0 Å². The molecule has 2 N–H and O–H groups in total. The van der Waals surface area contributed by atoms with Gasteiger partial charge in [-0.1, -0.05) is 27.7 Å². The van der Waals surface area contributed by atoms with E-state index in [0.717, 1.165) is 0 Å². The molecule has 0 saturated heterocycles. The molecule has 0 radical (unpaired) electrons. The highest BCUT2D eigenvalue weighted by atomic mass is 16.3. The summed E-state index contributed by atoms with van der Waals surface area (Å²) in [7, 11) is 0. The number of hydrogen-bond donors (Lipinski definition) is 2. The summed E-state index contributed by atoms with van der Waals surface area (Å²) < 4.78 is 0. The van der Waals surface area contributed by atoms with Crippen molar-refractivity contribution in [1.82, 2.24) is 0 Å². The quantitative estimate of drug-likeness (QED) is 0.684. The van der Waals surface area contributed by atoms with E-state index in [-0.39, 0.29) is 17.6 Å². The van der Waals surface area contributed by atoms with Crippen molar-refractivity contribution in [2.45, 2.75) is 52.7 Å². The third-order valence-corrected chi connectivity index (χ3v) is 2.89. The van der Waals surface area contributed by atoms with Gasteiger partial charge in [-0.05, 0) is 12.8 Å². The van der Waals surface area contributed by atoms with Crippen molar-refractivity contribution in [3.8, 4) is 0 Å². The van der Waals surface area contributed by atoms with Crippen molar-refractivity contribution in [3.05, 3.63) is 0 Å². The van der Waals surface area contributed by atoms with Crippen LogP contribution in [-0.4, -0.2) is 28.2 Å². The highest BCUT2D eigenvalue weighted by molar-refractivity contribution is 5.83. The largest absolute Gasteiger partial charge is 0.392 e. The van der Waals surface area contributed by atoms with E-state index < -0.39 is 12.2 Å². The van der Waals surface area contributed by atoms with E-state index in [4.69, 9.17) is 0 Å². The van der Waals surface area contributed by atoms with E-state index in [1.165, 1.54) is 0 Å². The Morgan fingerprint density at radius 3 is 1.50 bits per heavy atom. The fourth-order valence-electron chi connectivity index (χ4n) is 1.50. The van der Waals surface area contributed by atoms with Crippen molar-refractivity contribution in [3.63, 3.8) is 0 Å². The lowest BCUT2D eigenvalue weighted by atomic mass is 9.86. The minimum Gasteiger partial charge on any atom is -0.392 e. The first kappa shape index (κ1) is 13.6. The Balaban J connectivity index is 4.31. The topological polar surface area (TPSA) is 57.5 Å². The Labute approximate surface area is 86.1 Å². The summed E-state index contributed by atoms with van der Waals surface area (Å²) >= 11 is 0. The Morgan fingerprint density at radius 2 is 1.29 bits per heavy atom. The van der Waals surface area contributed by atoms with Crippen molar-refractivity contribution >= 4 is 5.78 Å². The average Bonchev–Trinajstić information content (AvgIpc) is 2.23. The first-order valence-electron chi connectivity index (χ1n) is 5.35. The Kier molecular flexibility index (Phi) is 5.96. The van der Waals surface area contributed by atoms with Gasteiger partial charge in [0, 0.05) is 11.8 Å². The van der Waals surface area contributed by atoms with Gasteiger partial charge in [0.15, 0.2) is 0 Å². The molecular weight excluding hydrogens is 180 g/mol. The SMILES string of the molecule is CC[C@@H](O)[C@@H](C)C(=O)[C@H](C)[C@H](O)CC.